The highest BCUT2D eigenvalue weighted by molar-refractivity contribution is 7.99. The van der Waals surface area contributed by atoms with Crippen LogP contribution in [-0.4, -0.2) is 41.4 Å². The fourth-order valence-electron chi connectivity index (χ4n) is 3.07. The summed E-state index contributed by atoms with van der Waals surface area (Å²) in [7, 11) is 0. The molecule has 1 unspecified atom stereocenters. The second-order valence-electron chi connectivity index (χ2n) is 5.48. The highest BCUT2D eigenvalue weighted by Crippen LogP contribution is 2.37. The molecule has 2 rings (SSSR count). The van der Waals surface area contributed by atoms with E-state index in [0.717, 1.165) is 31.7 Å². The van der Waals surface area contributed by atoms with Crippen molar-refractivity contribution in [3.8, 4) is 0 Å². The third-order valence-electron chi connectivity index (χ3n) is 4.18. The normalized spacial score (nSPS) is 29.1. The van der Waals surface area contributed by atoms with Crippen molar-refractivity contribution in [3.63, 3.8) is 0 Å². The zero-order valence-electron chi connectivity index (χ0n) is 10.8. The summed E-state index contributed by atoms with van der Waals surface area (Å²) >= 11 is 1.97. The maximum absolute atomic E-state index is 12.7. The van der Waals surface area contributed by atoms with Crippen LogP contribution < -0.4 is 5.73 Å². The van der Waals surface area contributed by atoms with E-state index >= 15 is 0 Å². The standard InChI is InChI=1S/C13H24N2OS/c1-11-9-15(7-8-17-11)12(16)13(10-14)5-3-2-4-6-13/h11H,2-10,14H2,1H3. The Kier molecular flexibility index (Phi) is 4.36. The summed E-state index contributed by atoms with van der Waals surface area (Å²) in [5, 5.41) is 0.575. The van der Waals surface area contributed by atoms with Gasteiger partial charge >= 0.3 is 0 Å². The molecule has 1 saturated heterocycles. The quantitative estimate of drug-likeness (QED) is 0.820. The number of nitrogens with two attached hydrogens (primary N) is 1. The van der Waals surface area contributed by atoms with Crippen LogP contribution in [0.4, 0.5) is 0 Å². The Morgan fingerprint density at radius 3 is 2.71 bits per heavy atom. The van der Waals surface area contributed by atoms with Crippen LogP contribution in [0.2, 0.25) is 0 Å². The van der Waals surface area contributed by atoms with E-state index in [4.69, 9.17) is 5.73 Å². The lowest BCUT2D eigenvalue weighted by Crippen LogP contribution is -2.52. The molecule has 0 aromatic heterocycles. The van der Waals surface area contributed by atoms with E-state index < -0.39 is 0 Å². The van der Waals surface area contributed by atoms with Gasteiger partial charge in [0.15, 0.2) is 0 Å². The second kappa shape index (κ2) is 5.61. The van der Waals surface area contributed by atoms with Gasteiger partial charge in [-0.25, -0.2) is 0 Å². The van der Waals surface area contributed by atoms with Gasteiger partial charge in [-0.3, -0.25) is 4.79 Å². The maximum atomic E-state index is 12.7. The molecule has 1 amide bonds. The van der Waals surface area contributed by atoms with Crippen molar-refractivity contribution in [3.05, 3.63) is 0 Å². The van der Waals surface area contributed by atoms with Gasteiger partial charge in [-0.05, 0) is 12.8 Å². The Bertz CT molecular complexity index is 277. The Balaban J connectivity index is 2.05. The summed E-state index contributed by atoms with van der Waals surface area (Å²) < 4.78 is 0. The fourth-order valence-corrected chi connectivity index (χ4v) is 4.09. The van der Waals surface area contributed by atoms with Gasteiger partial charge in [0, 0.05) is 30.6 Å². The topological polar surface area (TPSA) is 46.3 Å². The minimum Gasteiger partial charge on any atom is -0.340 e. The van der Waals surface area contributed by atoms with Crippen LogP contribution in [0.25, 0.3) is 0 Å². The molecule has 17 heavy (non-hydrogen) atoms. The van der Waals surface area contributed by atoms with E-state index in [9.17, 15) is 4.79 Å². The molecule has 0 aromatic rings. The van der Waals surface area contributed by atoms with Crippen molar-refractivity contribution >= 4 is 17.7 Å². The van der Waals surface area contributed by atoms with Crippen molar-refractivity contribution in [2.75, 3.05) is 25.4 Å². The molecule has 0 aromatic carbocycles. The lowest BCUT2D eigenvalue weighted by atomic mass is 9.73. The molecule has 1 heterocycles. The maximum Gasteiger partial charge on any atom is 0.230 e. The first-order chi connectivity index (χ1) is 8.18. The minimum absolute atomic E-state index is 0.222. The van der Waals surface area contributed by atoms with Gasteiger partial charge in [-0.1, -0.05) is 26.2 Å². The summed E-state index contributed by atoms with van der Waals surface area (Å²) in [6, 6.07) is 0. The lowest BCUT2D eigenvalue weighted by Gasteiger charge is -2.41. The molecule has 2 fully saturated rings. The van der Waals surface area contributed by atoms with Crippen LogP contribution in [0.1, 0.15) is 39.0 Å². The lowest BCUT2D eigenvalue weighted by molar-refractivity contribution is -0.143. The molecule has 4 heteroatoms. The fraction of sp³-hybridized carbons (Fsp3) is 0.923. The molecule has 3 nitrogen and oxygen atoms in total. The third kappa shape index (κ3) is 2.79. The predicted molar refractivity (Wildman–Crippen MR) is 73.1 cm³/mol. The number of thioether (sulfide) groups is 1. The number of hydrogen-bond acceptors (Lipinski definition) is 3. The van der Waals surface area contributed by atoms with Gasteiger partial charge in [0.05, 0.1) is 5.41 Å². The zero-order valence-corrected chi connectivity index (χ0v) is 11.6. The molecule has 1 aliphatic carbocycles. The summed E-state index contributed by atoms with van der Waals surface area (Å²) in [5.41, 5.74) is 5.71. The van der Waals surface area contributed by atoms with Gasteiger partial charge in [-0.2, -0.15) is 11.8 Å². The number of nitrogens with zero attached hydrogens (tertiary/aromatic N) is 1. The third-order valence-corrected chi connectivity index (χ3v) is 5.32. The van der Waals surface area contributed by atoms with Crippen molar-refractivity contribution in [1.82, 2.24) is 4.90 Å². The molecule has 2 N–H and O–H groups in total. The van der Waals surface area contributed by atoms with Gasteiger partial charge in [-0.15, -0.1) is 0 Å². The Morgan fingerprint density at radius 2 is 2.12 bits per heavy atom. The average Bonchev–Trinajstić information content (AvgIpc) is 2.38. The number of hydrogen-bond donors (Lipinski definition) is 1. The molecule has 98 valence electrons. The van der Waals surface area contributed by atoms with Gasteiger partial charge in [0.2, 0.25) is 5.91 Å². The van der Waals surface area contributed by atoms with E-state index in [0.29, 0.717) is 17.7 Å². The molecule has 1 saturated carbocycles. The first-order valence-electron chi connectivity index (χ1n) is 6.79. The average molecular weight is 256 g/mol. The number of amides is 1. The minimum atomic E-state index is -0.222. The Morgan fingerprint density at radius 1 is 1.41 bits per heavy atom. The summed E-state index contributed by atoms with van der Waals surface area (Å²) in [4.78, 5) is 14.8. The molecule has 1 aliphatic heterocycles. The Labute approximate surface area is 108 Å². The number of carbonyl (C=O) groups excluding carboxylic acids is 1. The SMILES string of the molecule is CC1CN(C(=O)C2(CN)CCCCC2)CCS1. The van der Waals surface area contributed by atoms with E-state index in [1.807, 2.05) is 11.8 Å². The van der Waals surface area contributed by atoms with Crippen LogP contribution in [0.3, 0.4) is 0 Å². The molecule has 0 bridgehead atoms. The molecular formula is C13H24N2OS. The van der Waals surface area contributed by atoms with E-state index in [1.54, 1.807) is 0 Å². The van der Waals surface area contributed by atoms with Crippen LogP contribution in [-0.2, 0) is 4.79 Å². The second-order valence-corrected chi connectivity index (χ2v) is 7.02. The molecule has 0 radical (unpaired) electrons. The van der Waals surface area contributed by atoms with E-state index in [-0.39, 0.29) is 5.41 Å². The Hall–Kier alpha value is -0.220. The predicted octanol–water partition coefficient (Wildman–Crippen LogP) is 1.86. The monoisotopic (exact) mass is 256 g/mol. The van der Waals surface area contributed by atoms with Gasteiger partial charge < -0.3 is 10.6 Å². The smallest absolute Gasteiger partial charge is 0.230 e. The number of carbonyl (C=O) groups is 1. The number of rotatable bonds is 2. The van der Waals surface area contributed by atoms with E-state index in [1.165, 1.54) is 19.3 Å². The first-order valence-corrected chi connectivity index (χ1v) is 7.84. The summed E-state index contributed by atoms with van der Waals surface area (Å²) in [5.74, 6) is 1.42. The zero-order chi connectivity index (χ0) is 12.3. The van der Waals surface area contributed by atoms with Crippen LogP contribution >= 0.6 is 11.8 Å². The van der Waals surface area contributed by atoms with Crippen molar-refractivity contribution in [2.24, 2.45) is 11.1 Å². The summed E-state index contributed by atoms with van der Waals surface area (Å²) in [6.07, 6.45) is 5.60. The largest absolute Gasteiger partial charge is 0.340 e. The van der Waals surface area contributed by atoms with Crippen LogP contribution in [0.15, 0.2) is 0 Å². The van der Waals surface area contributed by atoms with Crippen molar-refractivity contribution in [1.29, 1.82) is 0 Å². The molecular weight excluding hydrogens is 232 g/mol. The molecule has 2 aliphatic rings. The van der Waals surface area contributed by atoms with Gasteiger partial charge in [0.1, 0.15) is 0 Å². The molecule has 0 spiro atoms. The van der Waals surface area contributed by atoms with Crippen molar-refractivity contribution < 1.29 is 4.79 Å². The summed E-state index contributed by atoms with van der Waals surface area (Å²) in [6.45, 7) is 4.56. The van der Waals surface area contributed by atoms with Crippen LogP contribution in [0.5, 0.6) is 0 Å². The highest BCUT2D eigenvalue weighted by Gasteiger charge is 2.41. The highest BCUT2D eigenvalue weighted by atomic mass is 32.2. The first kappa shape index (κ1) is 13.2. The van der Waals surface area contributed by atoms with Gasteiger partial charge in [0.25, 0.3) is 0 Å². The van der Waals surface area contributed by atoms with Crippen molar-refractivity contribution in [2.45, 2.75) is 44.3 Å². The van der Waals surface area contributed by atoms with E-state index in [2.05, 4.69) is 11.8 Å². The molecule has 1 atom stereocenters. The van der Waals surface area contributed by atoms with Crippen LogP contribution in [0, 0.1) is 5.41 Å².